The second-order valence-electron chi connectivity index (χ2n) is 4.79. The fraction of sp³-hybridized carbons (Fsp3) is 0.538. The molecule has 104 valence electrons. The molecule has 1 aromatic heterocycles. The van der Waals surface area contributed by atoms with E-state index in [-0.39, 0.29) is 5.56 Å². The van der Waals surface area contributed by atoms with E-state index in [1.165, 1.54) is 0 Å². The van der Waals surface area contributed by atoms with Crippen LogP contribution in [0.15, 0.2) is 12.1 Å². The molecule has 1 aliphatic heterocycles. The third kappa shape index (κ3) is 3.65. The normalized spacial score (nSPS) is 17.4. The number of rotatable bonds is 4. The molecule has 0 amide bonds. The summed E-state index contributed by atoms with van der Waals surface area (Å²) in [7, 11) is 2.09. The first-order valence-corrected chi connectivity index (χ1v) is 6.53. The standard InChI is InChI=1S/C13H20N4O2/c1-3-11-8-10(13(18)19)9-12(14-11)15-17-6-4-16(2)5-7-17/h8-9H,3-7H2,1-2H3,(H,14,15)(H,18,19). The van der Waals surface area contributed by atoms with Crippen molar-refractivity contribution in [2.45, 2.75) is 13.3 Å². The van der Waals surface area contributed by atoms with Crippen LogP contribution < -0.4 is 5.43 Å². The van der Waals surface area contributed by atoms with Gasteiger partial charge in [-0.15, -0.1) is 0 Å². The van der Waals surface area contributed by atoms with Crippen LogP contribution in [0.3, 0.4) is 0 Å². The SMILES string of the molecule is CCc1cc(C(=O)O)cc(NN2CCN(C)CC2)n1. The highest BCUT2D eigenvalue weighted by Crippen LogP contribution is 2.13. The minimum atomic E-state index is -0.918. The van der Waals surface area contributed by atoms with Gasteiger partial charge in [0.05, 0.1) is 5.56 Å². The number of aromatic nitrogens is 1. The maximum Gasteiger partial charge on any atom is 0.335 e. The Balaban J connectivity index is 2.10. The fourth-order valence-corrected chi connectivity index (χ4v) is 2.03. The number of aromatic carboxylic acids is 1. The maximum absolute atomic E-state index is 11.1. The van der Waals surface area contributed by atoms with Gasteiger partial charge in [0.1, 0.15) is 5.82 Å². The molecule has 0 spiro atoms. The van der Waals surface area contributed by atoms with E-state index in [2.05, 4.69) is 27.4 Å². The molecular weight excluding hydrogens is 244 g/mol. The molecule has 1 fully saturated rings. The number of nitrogens with one attached hydrogen (secondary N) is 1. The zero-order valence-electron chi connectivity index (χ0n) is 11.4. The Morgan fingerprint density at radius 2 is 2.05 bits per heavy atom. The van der Waals surface area contributed by atoms with E-state index >= 15 is 0 Å². The Hall–Kier alpha value is -1.66. The number of aryl methyl sites for hydroxylation is 1. The minimum absolute atomic E-state index is 0.281. The molecule has 1 aliphatic rings. The van der Waals surface area contributed by atoms with Crippen molar-refractivity contribution in [3.8, 4) is 0 Å². The van der Waals surface area contributed by atoms with Gasteiger partial charge in [-0.3, -0.25) is 0 Å². The fourth-order valence-electron chi connectivity index (χ4n) is 2.03. The Kier molecular flexibility index (Phi) is 4.34. The Morgan fingerprint density at radius 1 is 1.37 bits per heavy atom. The van der Waals surface area contributed by atoms with Crippen molar-refractivity contribution >= 4 is 11.8 Å². The van der Waals surface area contributed by atoms with E-state index in [0.29, 0.717) is 5.82 Å². The highest BCUT2D eigenvalue weighted by molar-refractivity contribution is 5.88. The van der Waals surface area contributed by atoms with Crippen LogP contribution in [0.25, 0.3) is 0 Å². The Bertz CT molecular complexity index is 456. The summed E-state index contributed by atoms with van der Waals surface area (Å²) in [5.41, 5.74) is 4.27. The van der Waals surface area contributed by atoms with Crippen LogP contribution in [0.5, 0.6) is 0 Å². The molecule has 0 radical (unpaired) electrons. The van der Waals surface area contributed by atoms with Crippen LogP contribution in [-0.4, -0.2) is 59.2 Å². The summed E-state index contributed by atoms with van der Waals surface area (Å²) in [6.07, 6.45) is 0.721. The molecule has 1 saturated heterocycles. The van der Waals surface area contributed by atoms with Gasteiger partial charge in [0, 0.05) is 31.9 Å². The van der Waals surface area contributed by atoms with E-state index in [4.69, 9.17) is 5.11 Å². The first-order valence-electron chi connectivity index (χ1n) is 6.53. The Morgan fingerprint density at radius 3 is 2.63 bits per heavy atom. The lowest BCUT2D eigenvalue weighted by atomic mass is 10.2. The van der Waals surface area contributed by atoms with Gasteiger partial charge in [0.2, 0.25) is 0 Å². The summed E-state index contributed by atoms with van der Waals surface area (Å²) in [6, 6.07) is 3.21. The molecule has 0 aliphatic carbocycles. The highest BCUT2D eigenvalue weighted by Gasteiger charge is 2.15. The van der Waals surface area contributed by atoms with Crippen molar-refractivity contribution in [2.24, 2.45) is 0 Å². The number of likely N-dealkylation sites (N-methyl/N-ethyl adjacent to an activating group) is 1. The molecule has 2 rings (SSSR count). The predicted molar refractivity (Wildman–Crippen MR) is 73.3 cm³/mol. The molecule has 0 aromatic carbocycles. The second-order valence-corrected chi connectivity index (χ2v) is 4.79. The average molecular weight is 264 g/mol. The summed E-state index contributed by atoms with van der Waals surface area (Å²) in [4.78, 5) is 17.8. The van der Waals surface area contributed by atoms with E-state index in [1.807, 2.05) is 6.92 Å². The van der Waals surface area contributed by atoms with E-state index in [0.717, 1.165) is 38.3 Å². The van der Waals surface area contributed by atoms with Crippen LogP contribution in [-0.2, 0) is 6.42 Å². The first-order chi connectivity index (χ1) is 9.08. The predicted octanol–water partition coefficient (Wildman–Crippen LogP) is 0.916. The second kappa shape index (κ2) is 5.99. The number of anilines is 1. The van der Waals surface area contributed by atoms with Crippen molar-refractivity contribution < 1.29 is 9.90 Å². The third-order valence-corrected chi connectivity index (χ3v) is 3.26. The molecule has 2 N–H and O–H groups in total. The van der Waals surface area contributed by atoms with Crippen LogP contribution >= 0.6 is 0 Å². The van der Waals surface area contributed by atoms with Gasteiger partial charge in [-0.05, 0) is 25.6 Å². The molecule has 6 heteroatoms. The average Bonchev–Trinajstić information content (AvgIpc) is 2.41. The summed E-state index contributed by atoms with van der Waals surface area (Å²) in [5.74, 6) is -0.306. The first kappa shape index (κ1) is 13.8. The van der Waals surface area contributed by atoms with E-state index < -0.39 is 5.97 Å². The van der Waals surface area contributed by atoms with Gasteiger partial charge in [-0.25, -0.2) is 14.8 Å². The molecule has 2 heterocycles. The number of nitrogens with zero attached hydrogens (tertiary/aromatic N) is 3. The van der Waals surface area contributed by atoms with Gasteiger partial charge in [-0.1, -0.05) is 6.92 Å². The molecular formula is C13H20N4O2. The number of hydrazine groups is 1. The van der Waals surface area contributed by atoms with Crippen molar-refractivity contribution in [1.82, 2.24) is 14.9 Å². The topological polar surface area (TPSA) is 68.7 Å². The number of hydrogen-bond acceptors (Lipinski definition) is 5. The number of hydrogen-bond donors (Lipinski definition) is 2. The van der Waals surface area contributed by atoms with Gasteiger partial charge >= 0.3 is 5.97 Å². The van der Waals surface area contributed by atoms with Crippen LogP contribution in [0, 0.1) is 0 Å². The largest absolute Gasteiger partial charge is 0.478 e. The molecule has 0 atom stereocenters. The smallest absolute Gasteiger partial charge is 0.335 e. The summed E-state index contributed by atoms with van der Waals surface area (Å²) < 4.78 is 0. The monoisotopic (exact) mass is 264 g/mol. The summed E-state index contributed by atoms with van der Waals surface area (Å²) in [6.45, 7) is 5.75. The zero-order valence-corrected chi connectivity index (χ0v) is 11.4. The summed E-state index contributed by atoms with van der Waals surface area (Å²) >= 11 is 0. The number of carboxylic acid groups (broad SMARTS) is 1. The van der Waals surface area contributed by atoms with Crippen molar-refractivity contribution in [3.05, 3.63) is 23.4 Å². The summed E-state index contributed by atoms with van der Waals surface area (Å²) in [5, 5.41) is 11.2. The number of piperazine rings is 1. The molecule has 19 heavy (non-hydrogen) atoms. The highest BCUT2D eigenvalue weighted by atomic mass is 16.4. The van der Waals surface area contributed by atoms with Crippen LogP contribution in [0.4, 0.5) is 5.82 Å². The molecule has 6 nitrogen and oxygen atoms in total. The van der Waals surface area contributed by atoms with Crippen molar-refractivity contribution in [1.29, 1.82) is 0 Å². The molecule has 0 bridgehead atoms. The van der Waals surface area contributed by atoms with E-state index in [9.17, 15) is 4.79 Å². The molecule has 0 unspecified atom stereocenters. The van der Waals surface area contributed by atoms with Gasteiger partial charge in [-0.2, -0.15) is 0 Å². The van der Waals surface area contributed by atoms with Crippen LogP contribution in [0.2, 0.25) is 0 Å². The number of carbonyl (C=O) groups is 1. The van der Waals surface area contributed by atoms with Crippen molar-refractivity contribution in [3.63, 3.8) is 0 Å². The third-order valence-electron chi connectivity index (χ3n) is 3.26. The van der Waals surface area contributed by atoms with Crippen molar-refractivity contribution in [2.75, 3.05) is 38.7 Å². The van der Waals surface area contributed by atoms with Crippen LogP contribution in [0.1, 0.15) is 23.0 Å². The number of carboxylic acids is 1. The van der Waals surface area contributed by atoms with Gasteiger partial charge < -0.3 is 15.4 Å². The lowest BCUT2D eigenvalue weighted by Gasteiger charge is -2.32. The van der Waals surface area contributed by atoms with Gasteiger partial charge in [0.15, 0.2) is 0 Å². The quantitative estimate of drug-likeness (QED) is 0.842. The van der Waals surface area contributed by atoms with E-state index in [1.54, 1.807) is 12.1 Å². The lowest BCUT2D eigenvalue weighted by Crippen LogP contribution is -2.47. The Labute approximate surface area is 113 Å². The minimum Gasteiger partial charge on any atom is -0.478 e. The number of pyridine rings is 1. The zero-order chi connectivity index (χ0) is 13.8. The van der Waals surface area contributed by atoms with Gasteiger partial charge in [0.25, 0.3) is 0 Å². The maximum atomic E-state index is 11.1. The molecule has 0 saturated carbocycles. The molecule has 1 aromatic rings. The lowest BCUT2D eigenvalue weighted by molar-refractivity contribution is 0.0696.